The van der Waals surface area contributed by atoms with Gasteiger partial charge in [0.05, 0.1) is 16.8 Å². The molecular weight excluding hydrogens is 420 g/mol. The second-order valence-electron chi connectivity index (χ2n) is 6.45. The number of aromatic nitrogens is 1. The molecule has 0 spiro atoms. The number of nitrogens with zero attached hydrogens (tertiary/aromatic N) is 3. The van der Waals surface area contributed by atoms with Crippen LogP contribution in [0.3, 0.4) is 0 Å². The van der Waals surface area contributed by atoms with E-state index in [1.165, 1.54) is 22.3 Å². The van der Waals surface area contributed by atoms with E-state index in [0.717, 1.165) is 28.1 Å². The number of hydrogen-bond donors (Lipinski definition) is 0. The van der Waals surface area contributed by atoms with Crippen molar-refractivity contribution in [3.8, 4) is 5.75 Å². The molecular formula is C20H22ClF2N3O2S. The first-order valence-electron chi connectivity index (χ1n) is 8.84. The standard InChI is InChI=1S/C20H21F2N3O2S.ClH/c1-4-27-14-6-8-17-18(12-14)28-20(23-17)25(10-9-24(2)3)19(26)13-5-7-15(21)16(22)11-13;/h5-8,11-12H,4,9-10H2,1-3H3;1H. The van der Waals surface area contributed by atoms with Crippen LogP contribution in [-0.4, -0.2) is 49.6 Å². The third kappa shape index (κ3) is 5.41. The number of anilines is 1. The van der Waals surface area contributed by atoms with E-state index in [-0.39, 0.29) is 18.0 Å². The number of fused-ring (bicyclic) bond motifs is 1. The van der Waals surface area contributed by atoms with Crippen molar-refractivity contribution >= 4 is 45.0 Å². The second-order valence-corrected chi connectivity index (χ2v) is 7.46. The van der Waals surface area contributed by atoms with Crippen molar-refractivity contribution in [3.05, 3.63) is 53.6 Å². The van der Waals surface area contributed by atoms with Crippen LogP contribution in [0.2, 0.25) is 0 Å². The number of benzene rings is 2. The average molecular weight is 442 g/mol. The van der Waals surface area contributed by atoms with E-state index in [9.17, 15) is 13.6 Å². The third-order valence-electron chi connectivity index (χ3n) is 4.07. The van der Waals surface area contributed by atoms with Crippen LogP contribution in [0.15, 0.2) is 36.4 Å². The van der Waals surface area contributed by atoms with E-state index in [1.807, 2.05) is 44.1 Å². The zero-order valence-electron chi connectivity index (χ0n) is 16.3. The molecule has 3 rings (SSSR count). The number of rotatable bonds is 7. The van der Waals surface area contributed by atoms with Crippen molar-refractivity contribution < 1.29 is 18.3 Å². The molecule has 1 heterocycles. The van der Waals surface area contributed by atoms with Gasteiger partial charge < -0.3 is 9.64 Å². The Bertz CT molecular complexity index is 997. The van der Waals surface area contributed by atoms with Crippen molar-refractivity contribution in [1.82, 2.24) is 9.88 Å². The predicted molar refractivity (Wildman–Crippen MR) is 115 cm³/mol. The van der Waals surface area contributed by atoms with Gasteiger partial charge in [0, 0.05) is 18.7 Å². The molecule has 0 unspecified atom stereocenters. The highest BCUT2D eigenvalue weighted by molar-refractivity contribution is 7.22. The lowest BCUT2D eigenvalue weighted by Crippen LogP contribution is -2.36. The summed E-state index contributed by atoms with van der Waals surface area (Å²) < 4.78 is 33.3. The lowest BCUT2D eigenvalue weighted by atomic mass is 10.2. The first kappa shape index (κ1) is 23.0. The van der Waals surface area contributed by atoms with Gasteiger partial charge in [-0.15, -0.1) is 12.4 Å². The fourth-order valence-corrected chi connectivity index (χ4v) is 3.65. The number of carbonyl (C=O) groups excluding carboxylic acids is 1. The van der Waals surface area contributed by atoms with Gasteiger partial charge in [-0.2, -0.15) is 0 Å². The number of thiazole rings is 1. The Labute approximate surface area is 178 Å². The summed E-state index contributed by atoms with van der Waals surface area (Å²) >= 11 is 1.36. The molecule has 0 saturated carbocycles. The van der Waals surface area contributed by atoms with Crippen LogP contribution in [0.25, 0.3) is 10.2 Å². The van der Waals surface area contributed by atoms with E-state index in [4.69, 9.17) is 4.74 Å². The minimum Gasteiger partial charge on any atom is -0.494 e. The Morgan fingerprint density at radius 3 is 2.52 bits per heavy atom. The molecule has 0 bridgehead atoms. The van der Waals surface area contributed by atoms with Gasteiger partial charge in [-0.1, -0.05) is 11.3 Å². The first-order valence-corrected chi connectivity index (χ1v) is 9.65. The van der Waals surface area contributed by atoms with Gasteiger partial charge in [0.25, 0.3) is 5.91 Å². The summed E-state index contributed by atoms with van der Waals surface area (Å²) in [7, 11) is 3.79. The minimum atomic E-state index is -1.05. The monoisotopic (exact) mass is 441 g/mol. The maximum Gasteiger partial charge on any atom is 0.260 e. The molecule has 5 nitrogen and oxygen atoms in total. The molecule has 0 aliphatic heterocycles. The minimum absolute atomic E-state index is 0. The topological polar surface area (TPSA) is 45.7 Å². The van der Waals surface area contributed by atoms with Crippen LogP contribution in [0.4, 0.5) is 13.9 Å². The fourth-order valence-electron chi connectivity index (χ4n) is 2.63. The molecule has 1 aromatic heterocycles. The molecule has 0 atom stereocenters. The molecule has 0 saturated heterocycles. The zero-order chi connectivity index (χ0) is 20.3. The van der Waals surface area contributed by atoms with Gasteiger partial charge in [-0.25, -0.2) is 13.8 Å². The SMILES string of the molecule is CCOc1ccc2nc(N(CCN(C)C)C(=O)c3ccc(F)c(F)c3)sc2c1.Cl. The van der Waals surface area contributed by atoms with Crippen LogP contribution in [0, 0.1) is 11.6 Å². The maximum atomic E-state index is 13.6. The number of hydrogen-bond acceptors (Lipinski definition) is 5. The van der Waals surface area contributed by atoms with E-state index >= 15 is 0 Å². The molecule has 9 heteroatoms. The molecule has 3 aromatic rings. The Kier molecular flexibility index (Phi) is 7.89. The molecule has 0 N–H and O–H groups in total. The predicted octanol–water partition coefficient (Wildman–Crippen LogP) is 4.60. The Hall–Kier alpha value is -2.29. The quantitative estimate of drug-likeness (QED) is 0.537. The Morgan fingerprint density at radius 1 is 1.10 bits per heavy atom. The van der Waals surface area contributed by atoms with Crippen molar-refractivity contribution in [3.63, 3.8) is 0 Å². The zero-order valence-corrected chi connectivity index (χ0v) is 17.9. The highest BCUT2D eigenvalue weighted by Gasteiger charge is 2.22. The smallest absolute Gasteiger partial charge is 0.260 e. The lowest BCUT2D eigenvalue weighted by Gasteiger charge is -2.22. The van der Waals surface area contributed by atoms with Crippen LogP contribution in [0.1, 0.15) is 17.3 Å². The summed E-state index contributed by atoms with van der Waals surface area (Å²) in [5.41, 5.74) is 0.823. The van der Waals surface area contributed by atoms with Gasteiger partial charge in [-0.3, -0.25) is 9.69 Å². The van der Waals surface area contributed by atoms with E-state index < -0.39 is 17.5 Å². The molecule has 29 heavy (non-hydrogen) atoms. The third-order valence-corrected chi connectivity index (χ3v) is 5.11. The van der Waals surface area contributed by atoms with Crippen LogP contribution < -0.4 is 9.64 Å². The lowest BCUT2D eigenvalue weighted by molar-refractivity contribution is 0.0984. The van der Waals surface area contributed by atoms with E-state index in [0.29, 0.717) is 24.8 Å². The Morgan fingerprint density at radius 2 is 1.86 bits per heavy atom. The largest absolute Gasteiger partial charge is 0.494 e. The van der Waals surface area contributed by atoms with Crippen molar-refractivity contribution in [2.24, 2.45) is 0 Å². The summed E-state index contributed by atoms with van der Waals surface area (Å²) in [4.78, 5) is 21.0. The number of ether oxygens (including phenoxy) is 1. The van der Waals surface area contributed by atoms with Gasteiger partial charge in [0.2, 0.25) is 0 Å². The number of carbonyl (C=O) groups is 1. The van der Waals surface area contributed by atoms with Crippen molar-refractivity contribution in [2.75, 3.05) is 38.7 Å². The molecule has 0 aliphatic carbocycles. The van der Waals surface area contributed by atoms with Crippen molar-refractivity contribution in [2.45, 2.75) is 6.92 Å². The average Bonchev–Trinajstić information content (AvgIpc) is 3.07. The first-order chi connectivity index (χ1) is 13.4. The maximum absolute atomic E-state index is 13.6. The van der Waals surface area contributed by atoms with Gasteiger partial charge in [0.1, 0.15) is 5.75 Å². The highest BCUT2D eigenvalue weighted by atomic mass is 35.5. The van der Waals surface area contributed by atoms with Gasteiger partial charge >= 0.3 is 0 Å². The number of amides is 1. The summed E-state index contributed by atoms with van der Waals surface area (Å²) in [6.07, 6.45) is 0. The van der Waals surface area contributed by atoms with Gasteiger partial charge in [-0.05, 0) is 57.4 Å². The van der Waals surface area contributed by atoms with E-state index in [1.54, 1.807) is 0 Å². The summed E-state index contributed by atoms with van der Waals surface area (Å²) in [5, 5.41) is 0.500. The molecule has 0 aliphatic rings. The molecule has 2 aromatic carbocycles. The van der Waals surface area contributed by atoms with Crippen LogP contribution in [-0.2, 0) is 0 Å². The number of halogens is 3. The summed E-state index contributed by atoms with van der Waals surface area (Å²) in [6, 6.07) is 8.71. The van der Waals surface area contributed by atoms with Crippen LogP contribution in [0.5, 0.6) is 5.75 Å². The van der Waals surface area contributed by atoms with E-state index in [2.05, 4.69) is 4.98 Å². The molecule has 156 valence electrons. The molecule has 0 radical (unpaired) electrons. The summed E-state index contributed by atoms with van der Waals surface area (Å²) in [6.45, 7) is 3.42. The second kappa shape index (κ2) is 9.96. The van der Waals surface area contributed by atoms with Crippen molar-refractivity contribution in [1.29, 1.82) is 0 Å². The Balaban J connectivity index is 0.00000300. The van der Waals surface area contributed by atoms with Gasteiger partial charge in [0.15, 0.2) is 16.8 Å². The normalized spacial score (nSPS) is 10.8. The molecule has 0 fully saturated rings. The summed E-state index contributed by atoms with van der Waals surface area (Å²) in [5.74, 6) is -1.73. The highest BCUT2D eigenvalue weighted by Crippen LogP contribution is 2.32. The van der Waals surface area contributed by atoms with Crippen LogP contribution >= 0.6 is 23.7 Å². The fraction of sp³-hybridized carbons (Fsp3) is 0.300. The number of likely N-dealkylation sites (N-methyl/N-ethyl adjacent to an activating group) is 1. The molecule has 1 amide bonds.